The standard InChI is InChI=1S/C22H28ClN3O4/c1-15(2)9-17-11-19(30-25-17)21(28)26-8-4-7-22(13-26,12-20(24)27)14-29-18-6-3-5-16(23)10-18/h3,5-6,10-11,15H,4,7-9,12-14H2,1-2H3,(H2,24,27). The summed E-state index contributed by atoms with van der Waals surface area (Å²) in [6, 6.07) is 8.79. The molecule has 1 fully saturated rings. The Bertz CT molecular complexity index is 898. The Morgan fingerprint density at radius 1 is 1.37 bits per heavy atom. The molecule has 1 aromatic carbocycles. The van der Waals surface area contributed by atoms with Crippen LogP contribution in [-0.4, -0.2) is 41.6 Å². The van der Waals surface area contributed by atoms with Gasteiger partial charge in [-0.3, -0.25) is 9.59 Å². The van der Waals surface area contributed by atoms with Crippen molar-refractivity contribution in [3.63, 3.8) is 0 Å². The molecule has 2 aromatic rings. The molecule has 2 amide bonds. The van der Waals surface area contributed by atoms with Crippen molar-refractivity contribution in [2.45, 2.75) is 39.5 Å². The fourth-order valence-electron chi connectivity index (χ4n) is 3.94. The number of hydrogen-bond acceptors (Lipinski definition) is 5. The number of benzene rings is 1. The van der Waals surface area contributed by atoms with Gasteiger partial charge >= 0.3 is 0 Å². The molecule has 1 saturated heterocycles. The van der Waals surface area contributed by atoms with Crippen molar-refractivity contribution >= 4 is 23.4 Å². The third-order valence-corrected chi connectivity index (χ3v) is 5.46. The van der Waals surface area contributed by atoms with Crippen LogP contribution in [0.4, 0.5) is 0 Å². The lowest BCUT2D eigenvalue weighted by atomic mass is 9.77. The SMILES string of the molecule is CC(C)Cc1cc(C(=O)N2CCCC(COc3cccc(Cl)c3)(CC(N)=O)C2)on1. The van der Waals surface area contributed by atoms with Gasteiger partial charge in [0.05, 0.1) is 12.3 Å². The highest BCUT2D eigenvalue weighted by Gasteiger charge is 2.40. The van der Waals surface area contributed by atoms with Gasteiger partial charge in [-0.2, -0.15) is 0 Å². The Labute approximate surface area is 181 Å². The Hall–Kier alpha value is -2.54. The zero-order chi connectivity index (χ0) is 21.7. The molecule has 1 atom stereocenters. The third-order valence-electron chi connectivity index (χ3n) is 5.23. The van der Waals surface area contributed by atoms with E-state index in [0.717, 1.165) is 25.0 Å². The predicted octanol–water partition coefficient (Wildman–Crippen LogP) is 3.70. The number of rotatable bonds is 8. The second-order valence-electron chi connectivity index (χ2n) is 8.50. The van der Waals surface area contributed by atoms with Crippen molar-refractivity contribution in [3.05, 3.63) is 46.8 Å². The first-order valence-electron chi connectivity index (χ1n) is 10.2. The van der Waals surface area contributed by atoms with Crippen LogP contribution in [0.3, 0.4) is 0 Å². The number of halogens is 1. The van der Waals surface area contributed by atoms with Crippen LogP contribution < -0.4 is 10.5 Å². The maximum Gasteiger partial charge on any atom is 0.292 e. The number of piperidine rings is 1. The van der Waals surface area contributed by atoms with Crippen LogP contribution in [0.25, 0.3) is 0 Å². The molecule has 1 unspecified atom stereocenters. The molecule has 0 saturated carbocycles. The molecular formula is C22H28ClN3O4. The van der Waals surface area contributed by atoms with Crippen LogP contribution in [0.1, 0.15) is 49.4 Å². The topological polar surface area (TPSA) is 98.7 Å². The van der Waals surface area contributed by atoms with Gasteiger partial charge in [0.2, 0.25) is 11.7 Å². The maximum atomic E-state index is 13.0. The monoisotopic (exact) mass is 433 g/mol. The minimum atomic E-state index is -0.567. The fraction of sp³-hybridized carbons (Fsp3) is 0.500. The lowest BCUT2D eigenvalue weighted by Crippen LogP contribution is -2.50. The molecule has 0 aliphatic carbocycles. The van der Waals surface area contributed by atoms with E-state index in [0.29, 0.717) is 29.8 Å². The predicted molar refractivity (Wildman–Crippen MR) is 113 cm³/mol. The maximum absolute atomic E-state index is 13.0. The van der Waals surface area contributed by atoms with Gasteiger partial charge in [0.15, 0.2) is 0 Å². The summed E-state index contributed by atoms with van der Waals surface area (Å²) in [5, 5.41) is 4.58. The van der Waals surface area contributed by atoms with E-state index in [9.17, 15) is 9.59 Å². The van der Waals surface area contributed by atoms with Gasteiger partial charge < -0.3 is 19.9 Å². The molecular weight excluding hydrogens is 406 g/mol. The lowest BCUT2D eigenvalue weighted by molar-refractivity contribution is -0.122. The summed E-state index contributed by atoms with van der Waals surface area (Å²) < 4.78 is 11.2. The number of hydrogen-bond donors (Lipinski definition) is 1. The van der Waals surface area contributed by atoms with Crippen LogP contribution in [0, 0.1) is 11.3 Å². The molecule has 1 aliphatic rings. The minimum Gasteiger partial charge on any atom is -0.493 e. The average molecular weight is 434 g/mol. The highest BCUT2D eigenvalue weighted by molar-refractivity contribution is 6.30. The van der Waals surface area contributed by atoms with Gasteiger partial charge in [0.25, 0.3) is 5.91 Å². The Balaban J connectivity index is 1.73. The normalized spacial score (nSPS) is 19.1. The highest BCUT2D eigenvalue weighted by atomic mass is 35.5. The summed E-state index contributed by atoms with van der Waals surface area (Å²) in [6.45, 7) is 5.36. The summed E-state index contributed by atoms with van der Waals surface area (Å²) in [5.41, 5.74) is 5.73. The van der Waals surface area contributed by atoms with Crippen molar-refractivity contribution in [1.29, 1.82) is 0 Å². The number of primary amides is 1. The van der Waals surface area contributed by atoms with Crippen molar-refractivity contribution < 1.29 is 18.8 Å². The average Bonchev–Trinajstić information content (AvgIpc) is 3.13. The van der Waals surface area contributed by atoms with E-state index in [1.807, 2.05) is 0 Å². The Kier molecular flexibility index (Phi) is 7.02. The fourth-order valence-corrected chi connectivity index (χ4v) is 4.12. The van der Waals surface area contributed by atoms with E-state index in [1.165, 1.54) is 0 Å². The number of aromatic nitrogens is 1. The second kappa shape index (κ2) is 9.51. The third kappa shape index (κ3) is 5.75. The van der Waals surface area contributed by atoms with Gasteiger partial charge in [-0.25, -0.2) is 0 Å². The molecule has 8 heteroatoms. The van der Waals surface area contributed by atoms with Crippen molar-refractivity contribution in [2.24, 2.45) is 17.1 Å². The van der Waals surface area contributed by atoms with Crippen LogP contribution in [0.15, 0.2) is 34.9 Å². The summed E-state index contributed by atoms with van der Waals surface area (Å²) in [5.74, 6) is 0.603. The molecule has 162 valence electrons. The van der Waals surface area contributed by atoms with Crippen LogP contribution >= 0.6 is 11.6 Å². The molecule has 2 N–H and O–H groups in total. The number of likely N-dealkylation sites (tertiary alicyclic amines) is 1. The molecule has 2 heterocycles. The molecule has 3 rings (SSSR count). The highest BCUT2D eigenvalue weighted by Crippen LogP contribution is 2.35. The van der Waals surface area contributed by atoms with Crippen molar-refractivity contribution in [3.8, 4) is 5.75 Å². The minimum absolute atomic E-state index is 0.131. The number of carbonyl (C=O) groups excluding carboxylic acids is 2. The largest absolute Gasteiger partial charge is 0.493 e. The smallest absolute Gasteiger partial charge is 0.292 e. The number of nitrogens with two attached hydrogens (primary N) is 1. The van der Waals surface area contributed by atoms with Gasteiger partial charge in [0, 0.05) is 36.0 Å². The first-order chi connectivity index (χ1) is 14.3. The van der Waals surface area contributed by atoms with E-state index in [-0.39, 0.29) is 24.7 Å². The van der Waals surface area contributed by atoms with Gasteiger partial charge in [-0.15, -0.1) is 0 Å². The van der Waals surface area contributed by atoms with Crippen LogP contribution in [0.5, 0.6) is 5.75 Å². The first kappa shape index (κ1) is 22.2. The molecule has 1 aliphatic heterocycles. The number of nitrogens with zero attached hydrogens (tertiary/aromatic N) is 2. The number of ether oxygens (including phenoxy) is 1. The summed E-state index contributed by atoms with van der Waals surface area (Å²) in [6.07, 6.45) is 2.35. The van der Waals surface area contributed by atoms with Crippen molar-refractivity contribution in [1.82, 2.24) is 10.1 Å². The molecule has 0 bridgehead atoms. The lowest BCUT2D eigenvalue weighted by Gasteiger charge is -2.41. The molecule has 0 radical (unpaired) electrons. The molecule has 7 nitrogen and oxygen atoms in total. The quantitative estimate of drug-likeness (QED) is 0.684. The first-order valence-corrected chi connectivity index (χ1v) is 10.6. The summed E-state index contributed by atoms with van der Waals surface area (Å²) in [7, 11) is 0. The Morgan fingerprint density at radius 3 is 2.87 bits per heavy atom. The Morgan fingerprint density at radius 2 is 2.17 bits per heavy atom. The van der Waals surface area contributed by atoms with Gasteiger partial charge in [-0.1, -0.05) is 36.7 Å². The second-order valence-corrected chi connectivity index (χ2v) is 8.94. The van der Waals surface area contributed by atoms with Gasteiger partial charge in [0.1, 0.15) is 5.75 Å². The van der Waals surface area contributed by atoms with Gasteiger partial charge in [-0.05, 0) is 43.4 Å². The molecule has 0 spiro atoms. The van der Waals surface area contributed by atoms with Crippen molar-refractivity contribution in [2.75, 3.05) is 19.7 Å². The van der Waals surface area contributed by atoms with E-state index in [4.69, 9.17) is 26.6 Å². The van der Waals surface area contributed by atoms with Crippen LogP contribution in [-0.2, 0) is 11.2 Å². The summed E-state index contributed by atoms with van der Waals surface area (Å²) in [4.78, 5) is 26.5. The van der Waals surface area contributed by atoms with E-state index < -0.39 is 11.3 Å². The summed E-state index contributed by atoms with van der Waals surface area (Å²) >= 11 is 6.03. The number of carbonyl (C=O) groups is 2. The zero-order valence-corrected chi connectivity index (χ0v) is 18.2. The van der Waals surface area contributed by atoms with E-state index >= 15 is 0 Å². The van der Waals surface area contributed by atoms with E-state index in [2.05, 4.69) is 19.0 Å². The number of amides is 2. The molecule has 30 heavy (non-hydrogen) atoms. The van der Waals surface area contributed by atoms with E-state index in [1.54, 1.807) is 35.2 Å². The van der Waals surface area contributed by atoms with Crippen LogP contribution in [0.2, 0.25) is 5.02 Å². The zero-order valence-electron chi connectivity index (χ0n) is 17.4. The molecule has 1 aromatic heterocycles.